The van der Waals surface area contributed by atoms with Crippen LogP contribution in [0.15, 0.2) is 48.5 Å². The molecule has 0 heterocycles. The Kier molecular flexibility index (Phi) is 6.65. The van der Waals surface area contributed by atoms with Crippen LogP contribution in [0.2, 0.25) is 0 Å². The van der Waals surface area contributed by atoms with E-state index in [1.807, 2.05) is 24.3 Å². The third kappa shape index (κ3) is 4.43. The third-order valence-electron chi connectivity index (χ3n) is 6.68. The standard InChI is InChI=1S/C25H28N2O6/c1-27(25(23(29)30)11-6-12-25)22(28)16-32-14-13-26-24(31)33-15-21-19-9-4-2-7-17(19)18-8-3-5-10-20(18)21/h2-5,7-10,21H,6,11-16H2,1H3,(H,26,31)(H,29,30). The fraction of sp³-hybridized carbons (Fsp3) is 0.400. The Morgan fingerprint density at radius 2 is 1.67 bits per heavy atom. The zero-order valence-electron chi connectivity index (χ0n) is 18.6. The second-order valence-electron chi connectivity index (χ2n) is 8.45. The lowest BCUT2D eigenvalue weighted by Gasteiger charge is -2.44. The van der Waals surface area contributed by atoms with E-state index in [4.69, 9.17) is 9.47 Å². The molecule has 0 unspecified atom stereocenters. The first-order valence-electron chi connectivity index (χ1n) is 11.1. The maximum atomic E-state index is 12.3. The summed E-state index contributed by atoms with van der Waals surface area (Å²) < 4.78 is 10.8. The Balaban J connectivity index is 1.19. The van der Waals surface area contributed by atoms with Gasteiger partial charge in [-0.25, -0.2) is 9.59 Å². The van der Waals surface area contributed by atoms with Gasteiger partial charge in [0.2, 0.25) is 5.91 Å². The molecule has 33 heavy (non-hydrogen) atoms. The van der Waals surface area contributed by atoms with Crippen LogP contribution in [-0.4, -0.2) is 66.9 Å². The minimum atomic E-state index is -1.11. The van der Waals surface area contributed by atoms with E-state index in [0.29, 0.717) is 12.8 Å². The third-order valence-corrected chi connectivity index (χ3v) is 6.68. The summed E-state index contributed by atoms with van der Waals surface area (Å²) in [5.41, 5.74) is 3.50. The molecule has 2 N–H and O–H groups in total. The van der Waals surface area contributed by atoms with E-state index in [2.05, 4.69) is 29.6 Å². The highest BCUT2D eigenvalue weighted by Gasteiger charge is 2.49. The number of rotatable bonds is 9. The predicted octanol–water partition coefficient (Wildman–Crippen LogP) is 3.01. The quantitative estimate of drug-likeness (QED) is 0.567. The molecule has 2 aromatic rings. The average Bonchev–Trinajstić information content (AvgIpc) is 3.10. The first-order chi connectivity index (χ1) is 15.9. The molecule has 2 aliphatic carbocycles. The monoisotopic (exact) mass is 452 g/mol. The van der Waals surface area contributed by atoms with Gasteiger partial charge in [-0.3, -0.25) is 4.79 Å². The first-order valence-corrected chi connectivity index (χ1v) is 11.1. The van der Waals surface area contributed by atoms with Crippen LogP contribution < -0.4 is 5.32 Å². The zero-order valence-corrected chi connectivity index (χ0v) is 18.6. The SMILES string of the molecule is CN(C(=O)COCCNC(=O)OCC1c2ccccc2-c2ccccc21)C1(C(=O)O)CCC1. The summed E-state index contributed by atoms with van der Waals surface area (Å²) in [6.45, 7) is 0.279. The Labute approximate surface area is 192 Å². The Hall–Kier alpha value is -3.39. The fourth-order valence-corrected chi connectivity index (χ4v) is 4.57. The Morgan fingerprint density at radius 3 is 2.21 bits per heavy atom. The topological polar surface area (TPSA) is 105 Å². The molecule has 1 saturated carbocycles. The summed E-state index contributed by atoms with van der Waals surface area (Å²) in [5, 5.41) is 12.0. The molecule has 2 aliphatic rings. The van der Waals surface area contributed by atoms with Crippen molar-refractivity contribution in [3.63, 3.8) is 0 Å². The highest BCUT2D eigenvalue weighted by molar-refractivity contribution is 5.88. The van der Waals surface area contributed by atoms with Crippen LogP contribution in [0.1, 0.15) is 36.3 Å². The highest BCUT2D eigenvalue weighted by atomic mass is 16.5. The van der Waals surface area contributed by atoms with Gasteiger partial charge in [0.1, 0.15) is 18.8 Å². The summed E-state index contributed by atoms with van der Waals surface area (Å²) in [4.78, 5) is 37.2. The molecule has 8 heteroatoms. The minimum Gasteiger partial charge on any atom is -0.479 e. The number of carboxylic acid groups (broad SMARTS) is 1. The van der Waals surface area contributed by atoms with Gasteiger partial charge < -0.3 is 24.8 Å². The van der Waals surface area contributed by atoms with Gasteiger partial charge in [-0.2, -0.15) is 0 Å². The lowest BCUT2D eigenvalue weighted by Crippen LogP contribution is -2.60. The number of carbonyl (C=O) groups is 3. The molecular formula is C25H28N2O6. The van der Waals surface area contributed by atoms with Crippen LogP contribution in [0, 0.1) is 0 Å². The lowest BCUT2D eigenvalue weighted by molar-refractivity contribution is -0.165. The lowest BCUT2D eigenvalue weighted by atomic mass is 9.75. The highest BCUT2D eigenvalue weighted by Crippen LogP contribution is 2.44. The van der Waals surface area contributed by atoms with Crippen molar-refractivity contribution in [1.29, 1.82) is 0 Å². The molecule has 0 atom stereocenters. The smallest absolute Gasteiger partial charge is 0.407 e. The molecule has 0 aliphatic heterocycles. The molecule has 0 spiro atoms. The molecule has 0 radical (unpaired) electrons. The summed E-state index contributed by atoms with van der Waals surface area (Å²) in [6, 6.07) is 16.2. The van der Waals surface area contributed by atoms with Gasteiger partial charge in [0, 0.05) is 19.5 Å². The van der Waals surface area contributed by atoms with Crippen molar-refractivity contribution in [2.75, 3.05) is 33.4 Å². The molecule has 1 fully saturated rings. The first kappa shape index (κ1) is 22.8. The van der Waals surface area contributed by atoms with Crippen molar-refractivity contribution in [1.82, 2.24) is 10.2 Å². The van der Waals surface area contributed by atoms with Crippen LogP contribution in [0.4, 0.5) is 4.79 Å². The summed E-state index contributed by atoms with van der Waals surface area (Å²) in [7, 11) is 1.49. The van der Waals surface area contributed by atoms with Crippen LogP contribution in [-0.2, 0) is 19.1 Å². The van der Waals surface area contributed by atoms with Crippen molar-refractivity contribution in [2.24, 2.45) is 0 Å². The normalized spacial score (nSPS) is 15.7. The van der Waals surface area contributed by atoms with E-state index in [0.717, 1.165) is 28.7 Å². The summed E-state index contributed by atoms with van der Waals surface area (Å²) >= 11 is 0. The van der Waals surface area contributed by atoms with Crippen molar-refractivity contribution in [3.05, 3.63) is 59.7 Å². The van der Waals surface area contributed by atoms with Crippen LogP contribution >= 0.6 is 0 Å². The fourth-order valence-electron chi connectivity index (χ4n) is 4.57. The second-order valence-corrected chi connectivity index (χ2v) is 8.45. The predicted molar refractivity (Wildman–Crippen MR) is 121 cm³/mol. The van der Waals surface area contributed by atoms with Gasteiger partial charge in [-0.1, -0.05) is 48.5 Å². The Morgan fingerprint density at radius 1 is 1.06 bits per heavy atom. The maximum Gasteiger partial charge on any atom is 0.407 e. The molecule has 2 aromatic carbocycles. The number of fused-ring (bicyclic) bond motifs is 3. The largest absolute Gasteiger partial charge is 0.479 e. The molecule has 0 aromatic heterocycles. The van der Waals surface area contributed by atoms with Gasteiger partial charge in [-0.05, 0) is 41.5 Å². The molecule has 0 saturated heterocycles. The van der Waals surface area contributed by atoms with Crippen molar-refractivity contribution in [2.45, 2.75) is 30.7 Å². The van der Waals surface area contributed by atoms with E-state index >= 15 is 0 Å². The van der Waals surface area contributed by atoms with E-state index in [9.17, 15) is 19.5 Å². The van der Waals surface area contributed by atoms with Gasteiger partial charge in [0.25, 0.3) is 0 Å². The van der Waals surface area contributed by atoms with E-state index in [1.165, 1.54) is 11.9 Å². The van der Waals surface area contributed by atoms with E-state index < -0.39 is 23.5 Å². The molecule has 2 amide bonds. The number of hydrogen-bond donors (Lipinski definition) is 2. The van der Waals surface area contributed by atoms with E-state index in [1.54, 1.807) is 0 Å². The minimum absolute atomic E-state index is 0.0133. The maximum absolute atomic E-state index is 12.3. The van der Waals surface area contributed by atoms with E-state index in [-0.39, 0.29) is 32.3 Å². The van der Waals surface area contributed by atoms with Gasteiger partial charge in [-0.15, -0.1) is 0 Å². The van der Waals surface area contributed by atoms with Crippen LogP contribution in [0.5, 0.6) is 0 Å². The number of amides is 2. The van der Waals surface area contributed by atoms with Crippen molar-refractivity contribution in [3.8, 4) is 11.1 Å². The zero-order chi connectivity index (χ0) is 23.4. The summed E-state index contributed by atoms with van der Waals surface area (Å²) in [6.07, 6.45) is 1.14. The number of alkyl carbamates (subject to hydrolysis) is 1. The molecule has 0 bridgehead atoms. The summed E-state index contributed by atoms with van der Waals surface area (Å²) in [5.74, 6) is -1.39. The number of hydrogen-bond acceptors (Lipinski definition) is 5. The van der Waals surface area contributed by atoms with Crippen LogP contribution in [0.25, 0.3) is 11.1 Å². The van der Waals surface area contributed by atoms with Gasteiger partial charge >= 0.3 is 12.1 Å². The van der Waals surface area contributed by atoms with Crippen LogP contribution in [0.3, 0.4) is 0 Å². The number of carbonyl (C=O) groups excluding carboxylic acids is 2. The van der Waals surface area contributed by atoms with Gasteiger partial charge in [0.05, 0.1) is 6.61 Å². The number of nitrogens with one attached hydrogen (secondary N) is 1. The molecular weight excluding hydrogens is 424 g/mol. The number of likely N-dealkylation sites (N-methyl/N-ethyl adjacent to an activating group) is 1. The Bertz CT molecular complexity index is 1000. The van der Waals surface area contributed by atoms with Gasteiger partial charge in [0.15, 0.2) is 0 Å². The van der Waals surface area contributed by atoms with Crippen molar-refractivity contribution < 1.29 is 29.0 Å². The average molecular weight is 453 g/mol. The second kappa shape index (κ2) is 9.62. The number of nitrogens with zero attached hydrogens (tertiary/aromatic N) is 1. The number of aliphatic carboxylic acids is 1. The van der Waals surface area contributed by atoms with Crippen molar-refractivity contribution >= 4 is 18.0 Å². The number of carboxylic acids is 1. The molecule has 4 rings (SSSR count). The molecule has 8 nitrogen and oxygen atoms in total. The number of ether oxygens (including phenoxy) is 2. The molecule has 174 valence electrons. The number of benzene rings is 2.